The maximum absolute atomic E-state index is 12.2. The average molecular weight is 311 g/mol. The summed E-state index contributed by atoms with van der Waals surface area (Å²) < 4.78 is 4.57. The van der Waals surface area contributed by atoms with Crippen LogP contribution >= 0.6 is 23.1 Å². The lowest BCUT2D eigenvalue weighted by Crippen LogP contribution is -2.42. The molecule has 1 aliphatic heterocycles. The van der Waals surface area contributed by atoms with Gasteiger partial charge in [-0.3, -0.25) is 14.5 Å². The monoisotopic (exact) mass is 311 g/mol. The second-order valence-electron chi connectivity index (χ2n) is 4.20. The first kappa shape index (κ1) is 14.8. The predicted molar refractivity (Wildman–Crippen MR) is 78.3 cm³/mol. The fourth-order valence-electron chi connectivity index (χ4n) is 1.75. The van der Waals surface area contributed by atoms with E-state index in [-0.39, 0.29) is 0 Å². The third-order valence-electron chi connectivity index (χ3n) is 2.79. The van der Waals surface area contributed by atoms with E-state index in [9.17, 15) is 14.4 Å². The SMILES string of the molecule is COC(=O)C(C)N1C(=O)S/C(=C\c2ccc(C)s2)C1=O. The molecule has 0 spiro atoms. The van der Waals surface area contributed by atoms with Crippen LogP contribution in [0.25, 0.3) is 6.08 Å². The number of methoxy groups -OCH3 is 1. The Bertz CT molecular complexity index is 605. The van der Waals surface area contributed by atoms with Crippen molar-refractivity contribution in [2.75, 3.05) is 7.11 Å². The molecular formula is C13H13NO4S2. The van der Waals surface area contributed by atoms with Crippen molar-refractivity contribution in [1.82, 2.24) is 4.90 Å². The van der Waals surface area contributed by atoms with Crippen molar-refractivity contribution in [2.45, 2.75) is 19.9 Å². The van der Waals surface area contributed by atoms with Crippen molar-refractivity contribution in [3.63, 3.8) is 0 Å². The van der Waals surface area contributed by atoms with E-state index in [1.54, 1.807) is 6.08 Å². The van der Waals surface area contributed by atoms with Gasteiger partial charge in [0.25, 0.3) is 11.1 Å². The molecule has 5 nitrogen and oxygen atoms in total. The zero-order valence-corrected chi connectivity index (χ0v) is 12.8. The number of ether oxygens (including phenoxy) is 1. The number of carbonyl (C=O) groups is 3. The van der Waals surface area contributed by atoms with Crippen molar-refractivity contribution in [2.24, 2.45) is 0 Å². The summed E-state index contributed by atoms with van der Waals surface area (Å²) in [5.74, 6) is -1.07. The van der Waals surface area contributed by atoms with Crippen LogP contribution in [0.15, 0.2) is 17.0 Å². The van der Waals surface area contributed by atoms with Crippen LogP contribution in [-0.4, -0.2) is 35.2 Å². The van der Waals surface area contributed by atoms with Crippen molar-refractivity contribution in [1.29, 1.82) is 0 Å². The molecule has 1 aromatic heterocycles. The predicted octanol–water partition coefficient (Wildman–Crippen LogP) is 2.65. The molecule has 20 heavy (non-hydrogen) atoms. The number of hydrogen-bond donors (Lipinski definition) is 0. The molecule has 106 valence electrons. The van der Waals surface area contributed by atoms with E-state index >= 15 is 0 Å². The van der Waals surface area contributed by atoms with Gasteiger partial charge in [-0.25, -0.2) is 4.79 Å². The smallest absolute Gasteiger partial charge is 0.328 e. The van der Waals surface area contributed by atoms with Crippen molar-refractivity contribution < 1.29 is 19.1 Å². The second kappa shape index (κ2) is 5.80. The molecule has 1 unspecified atom stereocenters. The first-order valence-corrected chi connectivity index (χ1v) is 7.48. The van der Waals surface area contributed by atoms with Crippen LogP contribution in [0.3, 0.4) is 0 Å². The normalized spacial score (nSPS) is 18.8. The summed E-state index contributed by atoms with van der Waals surface area (Å²) in [6, 6.07) is 2.92. The van der Waals surface area contributed by atoms with Crippen LogP contribution in [0.2, 0.25) is 0 Å². The van der Waals surface area contributed by atoms with Crippen molar-refractivity contribution in [3.05, 3.63) is 26.8 Å². The molecule has 1 aromatic rings. The van der Waals surface area contributed by atoms with Crippen LogP contribution in [0.4, 0.5) is 4.79 Å². The first-order chi connectivity index (χ1) is 9.43. The third-order valence-corrected chi connectivity index (χ3v) is 4.62. The Labute approximate surface area is 124 Å². The van der Waals surface area contributed by atoms with Gasteiger partial charge in [0.15, 0.2) is 0 Å². The van der Waals surface area contributed by atoms with E-state index in [1.807, 2.05) is 19.1 Å². The van der Waals surface area contributed by atoms with Gasteiger partial charge in [0.2, 0.25) is 0 Å². The summed E-state index contributed by atoms with van der Waals surface area (Å²) in [6.45, 7) is 3.44. The van der Waals surface area contributed by atoms with Gasteiger partial charge < -0.3 is 4.74 Å². The molecule has 1 fully saturated rings. The molecule has 0 radical (unpaired) electrons. The van der Waals surface area contributed by atoms with Crippen LogP contribution in [0.1, 0.15) is 16.7 Å². The molecule has 0 saturated carbocycles. The van der Waals surface area contributed by atoms with Gasteiger partial charge >= 0.3 is 5.97 Å². The quantitative estimate of drug-likeness (QED) is 0.634. The van der Waals surface area contributed by atoms with Crippen LogP contribution in [-0.2, 0) is 14.3 Å². The van der Waals surface area contributed by atoms with Gasteiger partial charge in [0.05, 0.1) is 12.0 Å². The molecule has 2 amide bonds. The molecule has 0 aromatic carbocycles. The van der Waals surface area contributed by atoms with Gasteiger partial charge in [-0.15, -0.1) is 11.3 Å². The van der Waals surface area contributed by atoms with E-state index in [1.165, 1.54) is 25.4 Å². The molecule has 2 heterocycles. The fourth-order valence-corrected chi connectivity index (χ4v) is 3.54. The highest BCUT2D eigenvalue weighted by Crippen LogP contribution is 2.34. The minimum Gasteiger partial charge on any atom is -0.467 e. The van der Waals surface area contributed by atoms with Crippen LogP contribution in [0.5, 0.6) is 0 Å². The number of nitrogens with zero attached hydrogens (tertiary/aromatic N) is 1. The Kier molecular flexibility index (Phi) is 4.29. The Morgan fingerprint density at radius 1 is 1.40 bits per heavy atom. The zero-order chi connectivity index (χ0) is 14.9. The van der Waals surface area contributed by atoms with Crippen molar-refractivity contribution in [3.8, 4) is 0 Å². The minimum atomic E-state index is -0.913. The Morgan fingerprint density at radius 2 is 2.10 bits per heavy atom. The Hall–Kier alpha value is -1.60. The molecule has 0 aliphatic carbocycles. The van der Waals surface area contributed by atoms with E-state index in [0.29, 0.717) is 4.91 Å². The highest BCUT2D eigenvalue weighted by atomic mass is 32.2. The summed E-state index contributed by atoms with van der Waals surface area (Å²) >= 11 is 2.37. The lowest BCUT2D eigenvalue weighted by Gasteiger charge is -2.18. The Morgan fingerprint density at radius 3 is 2.65 bits per heavy atom. The molecule has 1 saturated heterocycles. The number of imide groups is 1. The number of rotatable bonds is 3. The van der Waals surface area contributed by atoms with E-state index in [4.69, 9.17) is 0 Å². The number of carbonyl (C=O) groups excluding carboxylic acids is 3. The van der Waals surface area contributed by atoms with Gasteiger partial charge in [0.1, 0.15) is 6.04 Å². The lowest BCUT2D eigenvalue weighted by atomic mass is 10.3. The zero-order valence-electron chi connectivity index (χ0n) is 11.2. The molecule has 1 aliphatic rings. The number of thiophene rings is 1. The Balaban J connectivity index is 2.25. The summed E-state index contributed by atoms with van der Waals surface area (Å²) in [4.78, 5) is 38.8. The molecular weight excluding hydrogens is 298 g/mol. The molecule has 1 atom stereocenters. The number of aryl methyl sites for hydroxylation is 1. The highest BCUT2D eigenvalue weighted by molar-refractivity contribution is 8.18. The topological polar surface area (TPSA) is 63.7 Å². The summed E-state index contributed by atoms with van der Waals surface area (Å²) in [5, 5.41) is -0.451. The van der Waals surface area contributed by atoms with Gasteiger partial charge in [-0.05, 0) is 43.8 Å². The number of esters is 1. The number of thioether (sulfide) groups is 1. The van der Waals surface area contributed by atoms with Crippen LogP contribution in [0, 0.1) is 6.92 Å². The fraction of sp³-hybridized carbons (Fsp3) is 0.308. The summed E-state index contributed by atoms with van der Waals surface area (Å²) in [6.07, 6.45) is 1.67. The summed E-state index contributed by atoms with van der Waals surface area (Å²) in [7, 11) is 1.22. The lowest BCUT2D eigenvalue weighted by molar-refractivity contribution is -0.148. The van der Waals surface area contributed by atoms with E-state index in [2.05, 4.69) is 4.74 Å². The summed E-state index contributed by atoms with van der Waals surface area (Å²) in [5.41, 5.74) is 0. The van der Waals surface area contributed by atoms with Crippen molar-refractivity contribution >= 4 is 46.3 Å². The van der Waals surface area contributed by atoms with E-state index in [0.717, 1.165) is 26.4 Å². The third kappa shape index (κ3) is 2.78. The van der Waals surface area contributed by atoms with Gasteiger partial charge in [0, 0.05) is 9.75 Å². The molecule has 0 N–H and O–H groups in total. The average Bonchev–Trinajstić information content (AvgIpc) is 2.93. The standard InChI is InChI=1S/C13H13NO4S2/c1-7-4-5-9(19-7)6-10-11(15)14(13(17)20-10)8(2)12(16)18-3/h4-6,8H,1-3H3/b10-6-. The first-order valence-electron chi connectivity index (χ1n) is 5.85. The second-order valence-corrected chi connectivity index (χ2v) is 6.51. The minimum absolute atomic E-state index is 0.326. The maximum Gasteiger partial charge on any atom is 0.328 e. The molecule has 7 heteroatoms. The van der Waals surface area contributed by atoms with E-state index < -0.39 is 23.2 Å². The highest BCUT2D eigenvalue weighted by Gasteiger charge is 2.41. The molecule has 0 bridgehead atoms. The maximum atomic E-state index is 12.2. The number of amides is 2. The van der Waals surface area contributed by atoms with Gasteiger partial charge in [-0.1, -0.05) is 0 Å². The van der Waals surface area contributed by atoms with Gasteiger partial charge in [-0.2, -0.15) is 0 Å². The number of hydrogen-bond acceptors (Lipinski definition) is 6. The van der Waals surface area contributed by atoms with Crippen LogP contribution < -0.4 is 0 Å². The molecule has 2 rings (SSSR count). The largest absolute Gasteiger partial charge is 0.467 e.